The van der Waals surface area contributed by atoms with E-state index in [0.29, 0.717) is 11.6 Å². The Morgan fingerprint density at radius 2 is 1.65 bits per heavy atom. The molecule has 0 heterocycles. The van der Waals surface area contributed by atoms with Gasteiger partial charge in [-0.3, -0.25) is 0 Å². The number of halogens is 1. The highest BCUT2D eigenvalue weighted by molar-refractivity contribution is 6.30. The number of benzene rings is 3. The van der Waals surface area contributed by atoms with Gasteiger partial charge >= 0.3 is 0 Å². The number of terminal acetylenes is 1. The van der Waals surface area contributed by atoms with E-state index in [4.69, 9.17) is 22.8 Å². The van der Waals surface area contributed by atoms with Crippen LogP contribution < -0.4 is 4.74 Å². The van der Waals surface area contributed by atoms with Crippen molar-refractivity contribution in [1.82, 2.24) is 0 Å². The minimum atomic E-state index is 0.511. The van der Waals surface area contributed by atoms with Crippen molar-refractivity contribution >= 4 is 11.6 Å². The summed E-state index contributed by atoms with van der Waals surface area (Å²) >= 11 is 5.98. The maximum absolute atomic E-state index is 6.01. The Morgan fingerprint density at radius 3 is 2.35 bits per heavy atom. The molecule has 23 heavy (non-hydrogen) atoms. The average molecular weight is 319 g/mol. The molecule has 3 aromatic rings. The van der Waals surface area contributed by atoms with Crippen molar-refractivity contribution in [2.45, 2.75) is 6.61 Å². The fourth-order valence-corrected chi connectivity index (χ4v) is 2.46. The third-order valence-electron chi connectivity index (χ3n) is 3.54. The van der Waals surface area contributed by atoms with Crippen molar-refractivity contribution in [3.63, 3.8) is 0 Å². The molecule has 0 atom stereocenters. The van der Waals surface area contributed by atoms with Crippen LogP contribution in [0.5, 0.6) is 5.75 Å². The number of rotatable bonds is 4. The molecule has 0 amide bonds. The van der Waals surface area contributed by atoms with Crippen LogP contribution in [0.15, 0.2) is 72.8 Å². The van der Waals surface area contributed by atoms with Crippen molar-refractivity contribution in [2.75, 3.05) is 0 Å². The summed E-state index contributed by atoms with van der Waals surface area (Å²) in [6, 6.07) is 23.5. The van der Waals surface area contributed by atoms with Crippen LogP contribution in [0.4, 0.5) is 0 Å². The molecule has 0 radical (unpaired) electrons. The van der Waals surface area contributed by atoms with Crippen molar-refractivity contribution in [3.8, 4) is 29.2 Å². The molecule has 0 N–H and O–H groups in total. The second-order valence-electron chi connectivity index (χ2n) is 5.14. The van der Waals surface area contributed by atoms with E-state index in [1.807, 2.05) is 72.8 Å². The largest absolute Gasteiger partial charge is 0.488 e. The lowest BCUT2D eigenvalue weighted by Gasteiger charge is -2.13. The summed E-state index contributed by atoms with van der Waals surface area (Å²) in [5, 5.41) is 0.702. The third kappa shape index (κ3) is 3.74. The van der Waals surface area contributed by atoms with Gasteiger partial charge in [-0.25, -0.2) is 0 Å². The van der Waals surface area contributed by atoms with Gasteiger partial charge in [-0.05, 0) is 41.5 Å². The van der Waals surface area contributed by atoms with E-state index in [1.165, 1.54) is 0 Å². The first kappa shape index (κ1) is 15.2. The molecule has 0 bridgehead atoms. The zero-order valence-electron chi connectivity index (χ0n) is 12.5. The molecule has 0 aliphatic carbocycles. The Morgan fingerprint density at radius 1 is 0.913 bits per heavy atom. The van der Waals surface area contributed by atoms with Crippen LogP contribution in [0.25, 0.3) is 11.1 Å². The lowest BCUT2D eigenvalue weighted by Crippen LogP contribution is -1.97. The highest BCUT2D eigenvalue weighted by Crippen LogP contribution is 2.32. The fourth-order valence-electron chi connectivity index (χ4n) is 2.34. The van der Waals surface area contributed by atoms with Gasteiger partial charge in [0.15, 0.2) is 0 Å². The fraction of sp³-hybridized carbons (Fsp3) is 0.0476. The second-order valence-corrected chi connectivity index (χ2v) is 5.57. The van der Waals surface area contributed by atoms with E-state index in [0.717, 1.165) is 28.0 Å². The molecule has 0 unspecified atom stereocenters. The molecule has 0 aromatic heterocycles. The smallest absolute Gasteiger partial charge is 0.127 e. The maximum Gasteiger partial charge on any atom is 0.127 e. The Hall–Kier alpha value is -2.69. The number of hydrogen-bond donors (Lipinski definition) is 0. The van der Waals surface area contributed by atoms with E-state index < -0.39 is 0 Å². The minimum Gasteiger partial charge on any atom is -0.488 e. The monoisotopic (exact) mass is 318 g/mol. The molecule has 0 saturated heterocycles. The van der Waals surface area contributed by atoms with Gasteiger partial charge in [-0.2, -0.15) is 0 Å². The Balaban J connectivity index is 1.93. The van der Waals surface area contributed by atoms with Gasteiger partial charge in [0, 0.05) is 16.1 Å². The zero-order chi connectivity index (χ0) is 16.1. The lowest BCUT2D eigenvalue weighted by molar-refractivity contribution is 0.307. The quantitative estimate of drug-likeness (QED) is 0.572. The van der Waals surface area contributed by atoms with Crippen molar-refractivity contribution < 1.29 is 4.74 Å². The SMILES string of the molecule is C#Cc1ccc(OCc2ccccc2)c(-c2ccc(Cl)cc2)c1. The first-order valence-corrected chi connectivity index (χ1v) is 7.67. The number of ether oxygens (including phenoxy) is 1. The van der Waals surface area contributed by atoms with E-state index in [2.05, 4.69) is 5.92 Å². The molecule has 0 fully saturated rings. The molecule has 0 aliphatic heterocycles. The first-order chi connectivity index (χ1) is 11.3. The summed E-state index contributed by atoms with van der Waals surface area (Å²) < 4.78 is 6.01. The van der Waals surface area contributed by atoms with Gasteiger partial charge in [-0.1, -0.05) is 60.0 Å². The van der Waals surface area contributed by atoms with Gasteiger partial charge in [0.25, 0.3) is 0 Å². The summed E-state index contributed by atoms with van der Waals surface area (Å²) in [6.07, 6.45) is 5.52. The molecule has 3 aromatic carbocycles. The van der Waals surface area contributed by atoms with Crippen molar-refractivity contribution in [2.24, 2.45) is 0 Å². The molecule has 1 nitrogen and oxygen atoms in total. The highest BCUT2D eigenvalue weighted by Gasteiger charge is 2.08. The minimum absolute atomic E-state index is 0.511. The van der Waals surface area contributed by atoms with E-state index in [1.54, 1.807) is 0 Å². The van der Waals surface area contributed by atoms with Crippen LogP contribution in [0.2, 0.25) is 5.02 Å². The molecular formula is C21H15ClO. The van der Waals surface area contributed by atoms with Crippen molar-refractivity contribution in [3.05, 3.63) is 88.9 Å². The predicted octanol–water partition coefficient (Wildman–Crippen LogP) is 5.57. The lowest BCUT2D eigenvalue weighted by atomic mass is 10.0. The normalized spacial score (nSPS) is 10.1. The molecule has 2 heteroatoms. The van der Waals surface area contributed by atoms with Crippen molar-refractivity contribution in [1.29, 1.82) is 0 Å². The molecular weight excluding hydrogens is 304 g/mol. The zero-order valence-corrected chi connectivity index (χ0v) is 13.3. The van der Waals surface area contributed by atoms with Crippen LogP contribution in [0.1, 0.15) is 11.1 Å². The Bertz CT molecular complexity index is 830. The van der Waals surface area contributed by atoms with Gasteiger partial charge in [-0.15, -0.1) is 6.42 Å². The van der Waals surface area contributed by atoms with E-state index in [9.17, 15) is 0 Å². The van der Waals surface area contributed by atoms with Crippen LogP contribution in [-0.4, -0.2) is 0 Å². The van der Waals surface area contributed by atoms with Crippen LogP contribution in [0, 0.1) is 12.3 Å². The summed E-state index contributed by atoms with van der Waals surface area (Å²) in [5.74, 6) is 3.47. The second kappa shape index (κ2) is 7.05. The standard InChI is InChI=1S/C21H15ClO/c1-2-16-8-13-21(23-15-17-6-4-3-5-7-17)20(14-16)18-9-11-19(22)12-10-18/h1,3-14H,15H2. The first-order valence-electron chi connectivity index (χ1n) is 7.29. The predicted molar refractivity (Wildman–Crippen MR) is 95.6 cm³/mol. The maximum atomic E-state index is 6.01. The van der Waals surface area contributed by atoms with Crippen LogP contribution >= 0.6 is 11.6 Å². The topological polar surface area (TPSA) is 9.23 Å². The summed E-state index contributed by atoms with van der Waals surface area (Å²) in [7, 11) is 0. The van der Waals surface area contributed by atoms with E-state index in [-0.39, 0.29) is 0 Å². The van der Waals surface area contributed by atoms with E-state index >= 15 is 0 Å². The summed E-state index contributed by atoms with van der Waals surface area (Å²) in [5.41, 5.74) is 3.93. The summed E-state index contributed by atoms with van der Waals surface area (Å²) in [4.78, 5) is 0. The van der Waals surface area contributed by atoms with Gasteiger partial charge < -0.3 is 4.74 Å². The Kier molecular flexibility index (Phi) is 4.66. The molecule has 3 rings (SSSR count). The average Bonchev–Trinajstić information content (AvgIpc) is 2.61. The third-order valence-corrected chi connectivity index (χ3v) is 3.79. The Labute approximate surface area is 141 Å². The van der Waals surface area contributed by atoms with Gasteiger partial charge in [0.05, 0.1) is 0 Å². The summed E-state index contributed by atoms with van der Waals surface area (Å²) in [6.45, 7) is 0.511. The number of hydrogen-bond acceptors (Lipinski definition) is 1. The molecule has 0 saturated carbocycles. The van der Waals surface area contributed by atoms with Gasteiger partial charge in [0.1, 0.15) is 12.4 Å². The van der Waals surface area contributed by atoms with Crippen LogP contribution in [0.3, 0.4) is 0 Å². The van der Waals surface area contributed by atoms with Gasteiger partial charge in [0.2, 0.25) is 0 Å². The van der Waals surface area contributed by atoms with Crippen LogP contribution in [-0.2, 0) is 6.61 Å². The molecule has 0 spiro atoms. The molecule has 112 valence electrons. The molecule has 0 aliphatic rings. The highest BCUT2D eigenvalue weighted by atomic mass is 35.5.